The minimum Gasteiger partial charge on any atom is -0.473 e. The summed E-state index contributed by atoms with van der Waals surface area (Å²) in [6, 6.07) is 5.90. The Balaban J connectivity index is 1.39. The van der Waals surface area contributed by atoms with Gasteiger partial charge in [-0.25, -0.2) is 13.4 Å². The molecule has 1 aromatic carbocycles. The fourth-order valence-corrected chi connectivity index (χ4v) is 4.67. The molecule has 0 N–H and O–H groups in total. The molecule has 0 amide bonds. The van der Waals surface area contributed by atoms with Crippen molar-refractivity contribution in [2.75, 3.05) is 13.1 Å². The molecule has 1 saturated heterocycles. The maximum Gasteiger partial charge on any atom is 0.471 e. The monoisotopic (exact) mass is 508 g/mol. The second-order valence-corrected chi connectivity index (χ2v) is 9.16. The number of benzene rings is 1. The molecule has 3 heterocycles. The summed E-state index contributed by atoms with van der Waals surface area (Å²) in [6.45, 7) is 0.0156. The van der Waals surface area contributed by atoms with Crippen LogP contribution in [0.15, 0.2) is 52.0 Å². The molecule has 8 nitrogen and oxygen atoms in total. The first-order chi connectivity index (χ1) is 15.8. The van der Waals surface area contributed by atoms with Crippen molar-refractivity contribution in [1.29, 1.82) is 0 Å². The lowest BCUT2D eigenvalue weighted by molar-refractivity contribution is -0.159. The number of aromatic nitrogens is 3. The van der Waals surface area contributed by atoms with Crippen LogP contribution in [0.5, 0.6) is 5.88 Å². The van der Waals surface area contributed by atoms with Gasteiger partial charge in [0.1, 0.15) is 6.10 Å². The topological polar surface area (TPSA) is 98.4 Å². The lowest BCUT2D eigenvalue weighted by atomic mass is 10.2. The van der Waals surface area contributed by atoms with E-state index in [1.165, 1.54) is 18.3 Å². The predicted octanol–water partition coefficient (Wildman–Crippen LogP) is 4.01. The Bertz CT molecular complexity index is 1260. The van der Waals surface area contributed by atoms with Crippen LogP contribution in [-0.4, -0.2) is 47.0 Å². The van der Waals surface area contributed by atoms with Crippen LogP contribution in [0.25, 0.3) is 11.4 Å². The van der Waals surface area contributed by atoms with Gasteiger partial charge in [0.05, 0.1) is 17.0 Å². The summed E-state index contributed by atoms with van der Waals surface area (Å²) in [5, 5.41) is 3.25. The van der Waals surface area contributed by atoms with Gasteiger partial charge < -0.3 is 9.26 Å². The van der Waals surface area contributed by atoms with Crippen LogP contribution in [0.3, 0.4) is 0 Å². The summed E-state index contributed by atoms with van der Waals surface area (Å²) in [5.74, 6) is -1.73. The molecule has 34 heavy (non-hydrogen) atoms. The van der Waals surface area contributed by atoms with E-state index in [2.05, 4.69) is 19.6 Å². The van der Waals surface area contributed by atoms with E-state index in [1.807, 2.05) is 0 Å². The third-order valence-corrected chi connectivity index (χ3v) is 6.76. The second-order valence-electron chi connectivity index (χ2n) is 7.22. The number of alkyl halides is 6. The molecular weight excluding hydrogens is 494 g/mol. The summed E-state index contributed by atoms with van der Waals surface area (Å²) in [5.41, 5.74) is -0.816. The van der Waals surface area contributed by atoms with E-state index in [0.717, 1.165) is 16.4 Å². The highest BCUT2D eigenvalue weighted by Crippen LogP contribution is 2.32. The Morgan fingerprint density at radius 3 is 2.26 bits per heavy atom. The molecule has 0 aliphatic carbocycles. The van der Waals surface area contributed by atoms with Crippen LogP contribution >= 0.6 is 0 Å². The zero-order valence-corrected chi connectivity index (χ0v) is 17.7. The maximum atomic E-state index is 12.7. The van der Waals surface area contributed by atoms with Gasteiger partial charge in [0.2, 0.25) is 21.7 Å². The normalized spacial score (nSPS) is 17.8. The van der Waals surface area contributed by atoms with Gasteiger partial charge in [0, 0.05) is 24.4 Å². The minimum absolute atomic E-state index is 0.0629. The summed E-state index contributed by atoms with van der Waals surface area (Å²) in [4.78, 5) is 6.94. The molecule has 182 valence electrons. The second kappa shape index (κ2) is 8.54. The van der Waals surface area contributed by atoms with Crippen molar-refractivity contribution in [3.05, 3.63) is 54.0 Å². The van der Waals surface area contributed by atoms with Gasteiger partial charge in [-0.3, -0.25) is 0 Å². The summed E-state index contributed by atoms with van der Waals surface area (Å²) in [6.07, 6.45) is -8.49. The zero-order valence-electron chi connectivity index (χ0n) is 16.8. The molecule has 3 aromatic rings. The van der Waals surface area contributed by atoms with Gasteiger partial charge in [-0.1, -0.05) is 5.16 Å². The summed E-state index contributed by atoms with van der Waals surface area (Å²) in [7, 11) is -4.03. The predicted molar refractivity (Wildman–Crippen MR) is 102 cm³/mol. The van der Waals surface area contributed by atoms with Crippen LogP contribution in [-0.2, 0) is 22.4 Å². The van der Waals surface area contributed by atoms with Crippen LogP contribution in [0.2, 0.25) is 0 Å². The van der Waals surface area contributed by atoms with Gasteiger partial charge in [-0.05, 0) is 36.8 Å². The summed E-state index contributed by atoms with van der Waals surface area (Å²) < 4.78 is 112. The molecule has 15 heteroatoms. The first-order valence-electron chi connectivity index (χ1n) is 9.55. The largest absolute Gasteiger partial charge is 0.473 e. The number of nitrogens with zero attached hydrogens (tertiary/aromatic N) is 4. The van der Waals surface area contributed by atoms with Crippen molar-refractivity contribution in [2.24, 2.45) is 0 Å². The minimum atomic E-state index is -4.78. The van der Waals surface area contributed by atoms with Gasteiger partial charge in [-0.2, -0.15) is 35.6 Å². The fourth-order valence-electron chi connectivity index (χ4n) is 3.19. The molecule has 0 spiro atoms. The SMILES string of the molecule is O=S(=O)(c1ccc(C(F)(F)F)cc1)N1CCC(Oc2ccc(-c3noc(C(F)(F)F)n3)cn2)C1. The first kappa shape index (κ1) is 23.9. The lowest BCUT2D eigenvalue weighted by Gasteiger charge is -2.17. The van der Waals surface area contributed by atoms with Crippen molar-refractivity contribution in [3.8, 4) is 17.3 Å². The van der Waals surface area contributed by atoms with Gasteiger partial charge in [-0.15, -0.1) is 0 Å². The highest BCUT2D eigenvalue weighted by Gasteiger charge is 2.39. The Morgan fingerprint density at radius 1 is 1.00 bits per heavy atom. The number of hydrogen-bond donors (Lipinski definition) is 0. The van der Waals surface area contributed by atoms with E-state index in [0.29, 0.717) is 18.6 Å². The van der Waals surface area contributed by atoms with Gasteiger partial charge >= 0.3 is 18.2 Å². The highest BCUT2D eigenvalue weighted by atomic mass is 32.2. The fraction of sp³-hybridized carbons (Fsp3) is 0.316. The highest BCUT2D eigenvalue weighted by molar-refractivity contribution is 7.89. The van der Waals surface area contributed by atoms with Gasteiger partial charge in [0.15, 0.2) is 0 Å². The zero-order chi connectivity index (χ0) is 24.7. The number of sulfonamides is 1. The van der Waals surface area contributed by atoms with Crippen molar-refractivity contribution in [2.45, 2.75) is 29.8 Å². The van der Waals surface area contributed by atoms with Crippen molar-refractivity contribution >= 4 is 10.0 Å². The standard InChI is InChI=1S/C19H14F6N4O4S/c20-18(21,22)12-2-4-14(5-3-12)34(30,31)29-8-7-13(10-29)32-15-6-1-11(9-26-15)16-27-17(33-28-16)19(23,24)25/h1-6,9,13H,7-8,10H2. The molecular formula is C19H14F6N4O4S. The van der Waals surface area contributed by atoms with Crippen LogP contribution in [0, 0.1) is 0 Å². The Hall–Kier alpha value is -3.20. The number of ether oxygens (including phenoxy) is 1. The average Bonchev–Trinajstić information content (AvgIpc) is 3.44. The number of rotatable bonds is 5. The Morgan fingerprint density at radius 2 is 1.71 bits per heavy atom. The van der Waals surface area contributed by atoms with Crippen molar-refractivity contribution < 1.29 is 44.0 Å². The molecule has 4 rings (SSSR count). The first-order valence-corrected chi connectivity index (χ1v) is 11.0. The lowest BCUT2D eigenvalue weighted by Crippen LogP contribution is -2.31. The molecule has 2 aromatic heterocycles. The van der Waals surface area contributed by atoms with E-state index >= 15 is 0 Å². The molecule has 0 bridgehead atoms. The third kappa shape index (κ3) is 4.99. The third-order valence-electron chi connectivity index (χ3n) is 4.88. The molecule has 1 atom stereocenters. The molecule has 1 aliphatic heterocycles. The van der Waals surface area contributed by atoms with E-state index in [1.54, 1.807) is 0 Å². The van der Waals surface area contributed by atoms with E-state index in [-0.39, 0.29) is 35.3 Å². The molecule has 0 radical (unpaired) electrons. The molecule has 1 aliphatic rings. The van der Waals surface area contributed by atoms with Crippen LogP contribution in [0.1, 0.15) is 17.9 Å². The Labute approximate surface area is 188 Å². The molecule has 1 fully saturated rings. The van der Waals surface area contributed by atoms with E-state index < -0.39 is 39.9 Å². The van der Waals surface area contributed by atoms with Gasteiger partial charge in [0.25, 0.3) is 0 Å². The van der Waals surface area contributed by atoms with E-state index in [9.17, 15) is 34.8 Å². The smallest absolute Gasteiger partial charge is 0.471 e. The molecule has 0 saturated carbocycles. The summed E-state index contributed by atoms with van der Waals surface area (Å²) >= 11 is 0. The number of halogens is 6. The van der Waals surface area contributed by atoms with Crippen LogP contribution < -0.4 is 4.74 Å². The number of pyridine rings is 1. The van der Waals surface area contributed by atoms with Crippen molar-refractivity contribution in [1.82, 2.24) is 19.4 Å². The van der Waals surface area contributed by atoms with E-state index in [4.69, 9.17) is 4.74 Å². The quantitative estimate of drug-likeness (QED) is 0.481. The number of hydrogen-bond acceptors (Lipinski definition) is 7. The maximum absolute atomic E-state index is 12.7. The van der Waals surface area contributed by atoms with Crippen molar-refractivity contribution in [3.63, 3.8) is 0 Å². The molecule has 1 unspecified atom stereocenters. The Kier molecular flexibility index (Phi) is 6.01. The average molecular weight is 508 g/mol. The van der Waals surface area contributed by atoms with Crippen LogP contribution in [0.4, 0.5) is 26.3 Å².